The van der Waals surface area contributed by atoms with Crippen LogP contribution in [0, 0.1) is 0 Å². The van der Waals surface area contributed by atoms with Crippen LogP contribution in [0.2, 0.25) is 0 Å². The molecule has 0 unspecified atom stereocenters. The second-order valence-electron chi connectivity index (χ2n) is 6.00. The van der Waals surface area contributed by atoms with Crippen LogP contribution in [-0.4, -0.2) is 27.5 Å². The summed E-state index contributed by atoms with van der Waals surface area (Å²) in [6.07, 6.45) is 0. The lowest BCUT2D eigenvalue weighted by Crippen LogP contribution is -2.13. The van der Waals surface area contributed by atoms with E-state index in [9.17, 15) is 9.59 Å². The van der Waals surface area contributed by atoms with Gasteiger partial charge in [-0.3, -0.25) is 9.59 Å². The van der Waals surface area contributed by atoms with E-state index in [4.69, 9.17) is 0 Å². The number of carbonyl (C=O) groups excluding carboxylic acids is 2. The molecule has 6 nitrogen and oxygen atoms in total. The molecule has 0 aliphatic heterocycles. The molecule has 2 amide bonds. The zero-order valence-electron chi connectivity index (χ0n) is 14.9. The Morgan fingerprint density at radius 1 is 1.00 bits per heavy atom. The standard InChI is InChI=1S/C19H16N4O2S3/c1-11(24)20-12-6-7-14-16(8-12)28-19(22-14)23-17(25)9-26-10-18-21-13-4-2-3-5-15(13)27-18/h2-8H,9-10H2,1H3,(H,20,24)(H,22,23,25). The van der Waals surface area contributed by atoms with Gasteiger partial charge in [-0.15, -0.1) is 23.1 Å². The Balaban J connectivity index is 1.33. The number of para-hydroxylation sites is 1. The van der Waals surface area contributed by atoms with Crippen molar-refractivity contribution in [2.75, 3.05) is 16.4 Å². The minimum atomic E-state index is -0.123. The largest absolute Gasteiger partial charge is 0.326 e. The van der Waals surface area contributed by atoms with Crippen molar-refractivity contribution in [1.82, 2.24) is 9.97 Å². The van der Waals surface area contributed by atoms with E-state index in [2.05, 4.69) is 26.7 Å². The predicted octanol–water partition coefficient (Wildman–Crippen LogP) is 4.74. The van der Waals surface area contributed by atoms with E-state index in [-0.39, 0.29) is 11.8 Å². The van der Waals surface area contributed by atoms with Gasteiger partial charge in [0, 0.05) is 18.4 Å². The number of benzene rings is 2. The summed E-state index contributed by atoms with van der Waals surface area (Å²) in [6.45, 7) is 1.47. The summed E-state index contributed by atoms with van der Waals surface area (Å²) in [5, 5.41) is 7.17. The minimum absolute atomic E-state index is 0.0905. The van der Waals surface area contributed by atoms with E-state index < -0.39 is 0 Å². The van der Waals surface area contributed by atoms with Crippen molar-refractivity contribution in [2.24, 2.45) is 0 Å². The Labute approximate surface area is 173 Å². The van der Waals surface area contributed by atoms with Crippen LogP contribution < -0.4 is 10.6 Å². The van der Waals surface area contributed by atoms with Gasteiger partial charge in [0.1, 0.15) is 5.01 Å². The van der Waals surface area contributed by atoms with E-state index >= 15 is 0 Å². The first-order valence-corrected chi connectivity index (χ1v) is 11.3. The molecule has 2 aromatic heterocycles. The highest BCUT2D eigenvalue weighted by atomic mass is 32.2. The van der Waals surface area contributed by atoms with Crippen LogP contribution in [0.1, 0.15) is 11.9 Å². The molecule has 0 aliphatic rings. The minimum Gasteiger partial charge on any atom is -0.326 e. The summed E-state index contributed by atoms with van der Waals surface area (Å²) in [5.41, 5.74) is 2.50. The molecule has 142 valence electrons. The van der Waals surface area contributed by atoms with Gasteiger partial charge in [-0.1, -0.05) is 23.5 Å². The Kier molecular flexibility index (Phi) is 5.56. The number of aromatic nitrogens is 2. The number of carbonyl (C=O) groups is 2. The predicted molar refractivity (Wildman–Crippen MR) is 118 cm³/mol. The molecule has 0 saturated heterocycles. The number of anilines is 2. The highest BCUT2D eigenvalue weighted by molar-refractivity contribution is 7.99. The average molecular weight is 429 g/mol. The molecule has 2 aromatic carbocycles. The quantitative estimate of drug-likeness (QED) is 0.464. The highest BCUT2D eigenvalue weighted by Gasteiger charge is 2.10. The number of thioether (sulfide) groups is 1. The monoisotopic (exact) mass is 428 g/mol. The number of fused-ring (bicyclic) bond motifs is 2. The fraction of sp³-hybridized carbons (Fsp3) is 0.158. The number of amides is 2. The van der Waals surface area contributed by atoms with Crippen LogP contribution in [0.15, 0.2) is 42.5 Å². The van der Waals surface area contributed by atoms with Crippen molar-refractivity contribution >= 4 is 77.5 Å². The summed E-state index contributed by atoms with van der Waals surface area (Å²) in [4.78, 5) is 32.4. The molecule has 4 aromatic rings. The third kappa shape index (κ3) is 4.49. The summed E-state index contributed by atoms with van der Waals surface area (Å²) < 4.78 is 2.07. The third-order valence-corrected chi connectivity index (χ3v) is 6.85. The lowest BCUT2D eigenvalue weighted by atomic mass is 10.3. The van der Waals surface area contributed by atoms with Crippen molar-refractivity contribution in [1.29, 1.82) is 0 Å². The molecule has 9 heteroatoms. The van der Waals surface area contributed by atoms with Gasteiger partial charge in [0.2, 0.25) is 11.8 Å². The molecule has 0 bridgehead atoms. The van der Waals surface area contributed by atoms with Crippen LogP contribution in [-0.2, 0) is 15.3 Å². The Hall–Kier alpha value is -2.49. The molecule has 0 aliphatic carbocycles. The van der Waals surface area contributed by atoms with Crippen molar-refractivity contribution < 1.29 is 9.59 Å². The first-order chi connectivity index (χ1) is 13.6. The van der Waals surface area contributed by atoms with Crippen LogP contribution in [0.25, 0.3) is 20.4 Å². The van der Waals surface area contributed by atoms with E-state index in [1.54, 1.807) is 17.4 Å². The molecule has 0 saturated carbocycles. The van der Waals surface area contributed by atoms with Crippen molar-refractivity contribution in [3.05, 3.63) is 47.5 Å². The van der Waals surface area contributed by atoms with E-state index in [0.717, 1.165) is 25.4 Å². The van der Waals surface area contributed by atoms with E-state index in [1.165, 1.54) is 30.0 Å². The van der Waals surface area contributed by atoms with Crippen molar-refractivity contribution in [3.63, 3.8) is 0 Å². The molecule has 0 radical (unpaired) electrons. The van der Waals surface area contributed by atoms with Crippen LogP contribution in [0.5, 0.6) is 0 Å². The Bertz CT molecular complexity index is 1140. The molecule has 0 spiro atoms. The van der Waals surface area contributed by atoms with Crippen LogP contribution >= 0.6 is 34.4 Å². The maximum absolute atomic E-state index is 12.2. The molecular formula is C19H16N4O2S3. The topological polar surface area (TPSA) is 84.0 Å². The number of nitrogens with zero attached hydrogens (tertiary/aromatic N) is 2. The first-order valence-electron chi connectivity index (χ1n) is 8.47. The first kappa shape index (κ1) is 18.9. The van der Waals surface area contributed by atoms with Gasteiger partial charge in [0.25, 0.3) is 0 Å². The van der Waals surface area contributed by atoms with Gasteiger partial charge in [-0.05, 0) is 30.3 Å². The zero-order valence-corrected chi connectivity index (χ0v) is 17.3. The number of hydrogen-bond acceptors (Lipinski definition) is 7. The molecule has 4 rings (SSSR count). The van der Waals surface area contributed by atoms with Gasteiger partial charge in [-0.25, -0.2) is 9.97 Å². The summed E-state index contributed by atoms with van der Waals surface area (Å²) >= 11 is 4.57. The normalized spacial score (nSPS) is 11.0. The fourth-order valence-corrected chi connectivity index (χ4v) is 5.40. The number of nitrogens with one attached hydrogen (secondary N) is 2. The molecular weight excluding hydrogens is 412 g/mol. The van der Waals surface area contributed by atoms with Gasteiger partial charge in [0.05, 0.1) is 26.2 Å². The lowest BCUT2D eigenvalue weighted by Gasteiger charge is -2.00. The van der Waals surface area contributed by atoms with E-state index in [1.807, 2.05) is 30.3 Å². The second-order valence-corrected chi connectivity index (χ2v) is 9.13. The summed E-state index contributed by atoms with van der Waals surface area (Å²) in [6, 6.07) is 13.5. The van der Waals surface area contributed by atoms with Crippen LogP contribution in [0.4, 0.5) is 10.8 Å². The maximum atomic E-state index is 12.2. The van der Waals surface area contributed by atoms with Crippen molar-refractivity contribution in [3.8, 4) is 0 Å². The molecule has 28 heavy (non-hydrogen) atoms. The maximum Gasteiger partial charge on any atom is 0.236 e. The van der Waals surface area contributed by atoms with Gasteiger partial charge >= 0.3 is 0 Å². The number of thiazole rings is 2. The van der Waals surface area contributed by atoms with Crippen molar-refractivity contribution in [2.45, 2.75) is 12.7 Å². The lowest BCUT2D eigenvalue weighted by molar-refractivity contribution is -0.114. The van der Waals surface area contributed by atoms with Crippen LogP contribution in [0.3, 0.4) is 0 Å². The fourth-order valence-electron chi connectivity index (χ4n) is 2.63. The second kappa shape index (κ2) is 8.26. The van der Waals surface area contributed by atoms with Gasteiger partial charge in [0.15, 0.2) is 5.13 Å². The SMILES string of the molecule is CC(=O)Nc1ccc2nc(NC(=O)CSCc3nc4ccccc4s3)sc2c1. The van der Waals surface area contributed by atoms with E-state index in [0.29, 0.717) is 22.3 Å². The molecule has 2 N–H and O–H groups in total. The Morgan fingerprint density at radius 3 is 2.64 bits per heavy atom. The number of rotatable bonds is 6. The molecule has 0 fully saturated rings. The molecule has 2 heterocycles. The zero-order chi connectivity index (χ0) is 19.5. The average Bonchev–Trinajstić information content (AvgIpc) is 3.23. The smallest absolute Gasteiger partial charge is 0.236 e. The molecule has 0 atom stereocenters. The summed E-state index contributed by atoms with van der Waals surface area (Å²) in [5.74, 6) is 0.824. The van der Waals surface area contributed by atoms with Gasteiger partial charge < -0.3 is 10.6 Å². The highest BCUT2D eigenvalue weighted by Crippen LogP contribution is 2.29. The Morgan fingerprint density at radius 2 is 1.82 bits per heavy atom. The van der Waals surface area contributed by atoms with Gasteiger partial charge in [-0.2, -0.15) is 0 Å². The summed E-state index contributed by atoms with van der Waals surface area (Å²) in [7, 11) is 0. The number of hydrogen-bond donors (Lipinski definition) is 2. The third-order valence-electron chi connectivity index (χ3n) is 3.75.